The zero-order chi connectivity index (χ0) is 26.2. The highest BCUT2D eigenvalue weighted by Crippen LogP contribution is 2.28. The van der Waals surface area contributed by atoms with Crippen LogP contribution < -0.4 is 16.2 Å². The van der Waals surface area contributed by atoms with Gasteiger partial charge in [-0.3, -0.25) is 10.1 Å². The number of fused-ring (bicyclic) bond motifs is 2. The lowest BCUT2D eigenvalue weighted by Crippen LogP contribution is -2.36. The maximum atomic E-state index is 14.8. The average molecular weight is 510 g/mol. The number of benzene rings is 3. The highest BCUT2D eigenvalue weighted by molar-refractivity contribution is 5.91. The lowest BCUT2D eigenvalue weighted by Gasteiger charge is -2.09. The molecule has 8 nitrogen and oxygen atoms in total. The number of H-pyrrole nitrogens is 2. The maximum Gasteiger partial charge on any atom is 0.405 e. The van der Waals surface area contributed by atoms with Crippen molar-refractivity contribution in [2.24, 2.45) is 0 Å². The van der Waals surface area contributed by atoms with Crippen LogP contribution in [0.4, 0.5) is 28.3 Å². The summed E-state index contributed by atoms with van der Waals surface area (Å²) in [5, 5.41) is 11.8. The van der Waals surface area contributed by atoms with Gasteiger partial charge in [0.15, 0.2) is 0 Å². The summed E-state index contributed by atoms with van der Waals surface area (Å²) in [5.74, 6) is -0.528. The Morgan fingerprint density at radius 1 is 1.00 bits per heavy atom. The maximum absolute atomic E-state index is 14.8. The first-order valence-corrected chi connectivity index (χ1v) is 11.0. The van der Waals surface area contributed by atoms with Gasteiger partial charge in [-0.2, -0.15) is 18.3 Å². The van der Waals surface area contributed by atoms with E-state index in [1.165, 1.54) is 6.07 Å². The molecule has 0 unspecified atom stereocenters. The van der Waals surface area contributed by atoms with E-state index >= 15 is 0 Å². The van der Waals surface area contributed by atoms with Crippen molar-refractivity contribution in [3.05, 3.63) is 88.1 Å². The van der Waals surface area contributed by atoms with E-state index < -0.39 is 24.6 Å². The van der Waals surface area contributed by atoms with Gasteiger partial charge in [0, 0.05) is 17.4 Å². The first-order valence-electron chi connectivity index (χ1n) is 11.0. The SMILES string of the molecule is O=C(NCC(F)(F)F)Nc1nc2cc(-c3cc(Cc4n[nH]c(=O)c5ccccc45)ccc3F)ccc2[nH]1. The summed E-state index contributed by atoms with van der Waals surface area (Å²) < 4.78 is 51.7. The number of aromatic amines is 2. The largest absolute Gasteiger partial charge is 0.405 e. The van der Waals surface area contributed by atoms with E-state index in [4.69, 9.17) is 0 Å². The summed E-state index contributed by atoms with van der Waals surface area (Å²) in [6.45, 7) is -1.48. The molecule has 5 rings (SSSR count). The molecule has 0 atom stereocenters. The van der Waals surface area contributed by atoms with E-state index in [2.05, 4.69) is 25.5 Å². The zero-order valence-electron chi connectivity index (χ0n) is 18.9. The molecule has 2 amide bonds. The van der Waals surface area contributed by atoms with Crippen LogP contribution in [0.3, 0.4) is 0 Å². The van der Waals surface area contributed by atoms with Crippen LogP contribution in [0.1, 0.15) is 11.3 Å². The monoisotopic (exact) mass is 510 g/mol. The highest BCUT2D eigenvalue weighted by Gasteiger charge is 2.27. The number of carbonyl (C=O) groups is 1. The van der Waals surface area contributed by atoms with E-state index in [1.807, 2.05) is 6.07 Å². The molecule has 0 spiro atoms. The molecular formula is C25H18F4N6O2. The van der Waals surface area contributed by atoms with Gasteiger partial charge in [0.25, 0.3) is 5.56 Å². The number of anilines is 1. The Labute approximate surface area is 205 Å². The third kappa shape index (κ3) is 5.27. The number of hydrogen-bond donors (Lipinski definition) is 4. The van der Waals surface area contributed by atoms with E-state index in [-0.39, 0.29) is 11.5 Å². The second-order valence-corrected chi connectivity index (χ2v) is 8.28. The second kappa shape index (κ2) is 9.37. The summed E-state index contributed by atoms with van der Waals surface area (Å²) in [6, 6.07) is 15.5. The fourth-order valence-electron chi connectivity index (χ4n) is 3.97. The predicted molar refractivity (Wildman–Crippen MR) is 130 cm³/mol. The number of hydrogen-bond acceptors (Lipinski definition) is 4. The van der Waals surface area contributed by atoms with Crippen LogP contribution in [-0.2, 0) is 6.42 Å². The lowest BCUT2D eigenvalue weighted by molar-refractivity contribution is -0.122. The fraction of sp³-hybridized carbons (Fsp3) is 0.120. The molecule has 0 aliphatic rings. The topological polar surface area (TPSA) is 116 Å². The Balaban J connectivity index is 1.41. The molecule has 5 aromatic rings. The number of aromatic nitrogens is 4. The van der Waals surface area contributed by atoms with Crippen molar-refractivity contribution in [1.82, 2.24) is 25.5 Å². The van der Waals surface area contributed by atoms with Gasteiger partial charge in [-0.05, 0) is 41.5 Å². The molecule has 37 heavy (non-hydrogen) atoms. The Morgan fingerprint density at radius 2 is 1.78 bits per heavy atom. The van der Waals surface area contributed by atoms with Crippen LogP contribution >= 0.6 is 0 Å². The Kier molecular flexibility index (Phi) is 6.07. The van der Waals surface area contributed by atoms with Gasteiger partial charge < -0.3 is 10.3 Å². The molecule has 0 saturated heterocycles. The predicted octanol–water partition coefficient (Wildman–Crippen LogP) is 4.88. The molecule has 0 saturated carbocycles. The van der Waals surface area contributed by atoms with Gasteiger partial charge in [-0.1, -0.05) is 30.3 Å². The van der Waals surface area contributed by atoms with Crippen molar-refractivity contribution in [1.29, 1.82) is 0 Å². The van der Waals surface area contributed by atoms with Crippen LogP contribution in [-0.4, -0.2) is 38.9 Å². The third-order valence-electron chi connectivity index (χ3n) is 5.65. The van der Waals surface area contributed by atoms with Crippen LogP contribution in [0.15, 0.2) is 65.5 Å². The van der Waals surface area contributed by atoms with Crippen molar-refractivity contribution >= 4 is 33.8 Å². The number of imidazole rings is 1. The van der Waals surface area contributed by atoms with Crippen LogP contribution in [0.25, 0.3) is 32.9 Å². The molecule has 0 aliphatic heterocycles. The van der Waals surface area contributed by atoms with Crippen molar-refractivity contribution in [2.45, 2.75) is 12.6 Å². The first-order chi connectivity index (χ1) is 17.7. The van der Waals surface area contributed by atoms with Crippen molar-refractivity contribution < 1.29 is 22.4 Å². The van der Waals surface area contributed by atoms with Gasteiger partial charge in [-0.15, -0.1) is 0 Å². The molecule has 188 valence electrons. The van der Waals surface area contributed by atoms with Crippen molar-refractivity contribution in [2.75, 3.05) is 11.9 Å². The van der Waals surface area contributed by atoms with E-state index in [1.54, 1.807) is 53.8 Å². The smallest absolute Gasteiger partial charge is 0.329 e. The molecular weight excluding hydrogens is 492 g/mol. The standard InChI is InChI=1S/C25H18F4N6O2/c26-18-7-5-13(10-20-15-3-1-2-4-16(15)22(36)35-34-20)9-17(18)14-6-8-19-21(11-14)32-23(31-19)33-24(37)30-12-25(27,28)29/h1-9,11H,10,12H2,(H,35,36)(H3,30,31,32,33,37). The Hall–Kier alpha value is -4.74. The number of halogens is 4. The number of carbonyl (C=O) groups excluding carboxylic acids is 1. The van der Waals surface area contributed by atoms with Gasteiger partial charge in [0.1, 0.15) is 12.4 Å². The summed E-state index contributed by atoms with van der Waals surface area (Å²) >= 11 is 0. The summed E-state index contributed by atoms with van der Waals surface area (Å²) in [7, 11) is 0. The quantitative estimate of drug-likeness (QED) is 0.252. The minimum absolute atomic E-state index is 0.0583. The summed E-state index contributed by atoms with van der Waals surface area (Å²) in [4.78, 5) is 30.7. The van der Waals surface area contributed by atoms with Crippen LogP contribution in [0.2, 0.25) is 0 Å². The summed E-state index contributed by atoms with van der Waals surface area (Å²) in [6.07, 6.45) is -4.20. The minimum atomic E-state index is -4.54. The Morgan fingerprint density at radius 3 is 2.57 bits per heavy atom. The molecule has 12 heteroatoms. The van der Waals surface area contributed by atoms with Crippen molar-refractivity contribution in [3.63, 3.8) is 0 Å². The van der Waals surface area contributed by atoms with Gasteiger partial charge in [0.05, 0.1) is 22.1 Å². The second-order valence-electron chi connectivity index (χ2n) is 8.28. The minimum Gasteiger partial charge on any atom is -0.329 e. The number of alkyl halides is 3. The molecule has 0 radical (unpaired) electrons. The number of rotatable bonds is 5. The zero-order valence-corrected chi connectivity index (χ0v) is 18.9. The molecule has 0 bridgehead atoms. The molecule has 4 N–H and O–H groups in total. The van der Waals surface area contributed by atoms with E-state index in [0.29, 0.717) is 45.0 Å². The lowest BCUT2D eigenvalue weighted by atomic mass is 9.98. The molecule has 0 aliphatic carbocycles. The number of nitrogens with zero attached hydrogens (tertiary/aromatic N) is 2. The molecule has 3 aromatic carbocycles. The van der Waals surface area contributed by atoms with Crippen LogP contribution in [0, 0.1) is 5.82 Å². The van der Waals surface area contributed by atoms with Gasteiger partial charge in [0.2, 0.25) is 5.95 Å². The van der Waals surface area contributed by atoms with E-state index in [0.717, 1.165) is 5.56 Å². The number of urea groups is 1. The fourth-order valence-corrected chi connectivity index (χ4v) is 3.97. The Bertz CT molecular complexity index is 1690. The third-order valence-corrected chi connectivity index (χ3v) is 5.65. The van der Waals surface area contributed by atoms with E-state index in [9.17, 15) is 27.2 Å². The van der Waals surface area contributed by atoms with Crippen molar-refractivity contribution in [3.8, 4) is 11.1 Å². The van der Waals surface area contributed by atoms with Gasteiger partial charge in [-0.25, -0.2) is 19.3 Å². The summed E-state index contributed by atoms with van der Waals surface area (Å²) in [5.41, 5.74) is 2.77. The number of nitrogens with one attached hydrogen (secondary N) is 4. The molecule has 2 aromatic heterocycles. The van der Waals surface area contributed by atoms with Crippen LogP contribution in [0.5, 0.6) is 0 Å². The number of amides is 2. The average Bonchev–Trinajstić information content (AvgIpc) is 3.27. The normalized spacial score (nSPS) is 11.7. The molecule has 0 fully saturated rings. The van der Waals surface area contributed by atoms with Gasteiger partial charge >= 0.3 is 12.2 Å². The highest BCUT2D eigenvalue weighted by atomic mass is 19.4. The molecule has 2 heterocycles. The first kappa shape index (κ1) is 24.0.